The average molecular weight is 283 g/mol. The number of rotatable bonds is 7. The van der Waals surface area contributed by atoms with Gasteiger partial charge in [0.05, 0.1) is 6.61 Å². The third kappa shape index (κ3) is 3.61. The van der Waals surface area contributed by atoms with Crippen molar-refractivity contribution in [1.29, 1.82) is 0 Å². The van der Waals surface area contributed by atoms with Gasteiger partial charge in [0, 0.05) is 31.8 Å². The second-order valence-corrected chi connectivity index (χ2v) is 5.65. The minimum Gasteiger partial charge on any atom is -0.383 e. The Morgan fingerprint density at radius 3 is 2.79 bits per heavy atom. The van der Waals surface area contributed by atoms with Gasteiger partial charge in [-0.15, -0.1) is 11.6 Å². The normalized spacial score (nSPS) is 16.4. The van der Waals surface area contributed by atoms with Crippen LogP contribution < -0.4 is 4.90 Å². The van der Waals surface area contributed by atoms with Crippen LogP contribution in [0, 0.1) is 12.8 Å². The number of ether oxygens (including phenoxy) is 1. The maximum atomic E-state index is 5.86. The van der Waals surface area contributed by atoms with Crippen LogP contribution in [0.3, 0.4) is 0 Å². The van der Waals surface area contributed by atoms with Crippen LogP contribution in [0.2, 0.25) is 0 Å². The molecular formula is C15H23ClN2O. The standard InChI is InChI=1S/C15H23ClN2O/c1-11-8-13(9-16)10-17-15(11)18(6-7-19-3)12(2)14-4-5-14/h8,10,12,14H,4-7,9H2,1-3H3. The molecule has 0 radical (unpaired) electrons. The summed E-state index contributed by atoms with van der Waals surface area (Å²) in [4.78, 5) is 7.00. The third-order valence-corrected chi connectivity index (χ3v) is 4.17. The zero-order valence-electron chi connectivity index (χ0n) is 12.0. The summed E-state index contributed by atoms with van der Waals surface area (Å²) < 4.78 is 5.24. The number of aryl methyl sites for hydroxylation is 1. The lowest BCUT2D eigenvalue weighted by Gasteiger charge is -2.31. The average Bonchev–Trinajstić information content (AvgIpc) is 3.24. The van der Waals surface area contributed by atoms with Crippen molar-refractivity contribution in [2.24, 2.45) is 5.92 Å². The molecule has 0 spiro atoms. The van der Waals surface area contributed by atoms with E-state index in [0.717, 1.165) is 30.5 Å². The van der Waals surface area contributed by atoms with Crippen molar-refractivity contribution in [3.05, 3.63) is 23.4 Å². The van der Waals surface area contributed by atoms with E-state index in [1.54, 1.807) is 7.11 Å². The third-order valence-electron chi connectivity index (χ3n) is 3.87. The van der Waals surface area contributed by atoms with Gasteiger partial charge in [0.1, 0.15) is 5.82 Å². The number of nitrogens with zero attached hydrogens (tertiary/aromatic N) is 2. The monoisotopic (exact) mass is 282 g/mol. The molecule has 19 heavy (non-hydrogen) atoms. The number of halogens is 1. The van der Waals surface area contributed by atoms with Crippen molar-refractivity contribution in [3.63, 3.8) is 0 Å². The van der Waals surface area contributed by atoms with Gasteiger partial charge in [-0.05, 0) is 49.8 Å². The lowest BCUT2D eigenvalue weighted by atomic mass is 10.1. The highest BCUT2D eigenvalue weighted by Crippen LogP contribution is 2.37. The van der Waals surface area contributed by atoms with E-state index in [2.05, 4.69) is 29.8 Å². The SMILES string of the molecule is COCCN(c1ncc(CCl)cc1C)C(C)C1CC1. The molecule has 3 nitrogen and oxygen atoms in total. The van der Waals surface area contributed by atoms with Crippen molar-refractivity contribution in [2.75, 3.05) is 25.2 Å². The fourth-order valence-corrected chi connectivity index (χ4v) is 2.67. The number of hydrogen-bond donors (Lipinski definition) is 0. The van der Waals surface area contributed by atoms with E-state index >= 15 is 0 Å². The summed E-state index contributed by atoms with van der Waals surface area (Å²) in [6.07, 6.45) is 4.56. The molecular weight excluding hydrogens is 260 g/mol. The van der Waals surface area contributed by atoms with Crippen LogP contribution in [0.1, 0.15) is 30.9 Å². The Bertz CT molecular complexity index is 421. The number of aromatic nitrogens is 1. The van der Waals surface area contributed by atoms with Gasteiger partial charge in [0.25, 0.3) is 0 Å². The van der Waals surface area contributed by atoms with E-state index in [4.69, 9.17) is 16.3 Å². The Morgan fingerprint density at radius 1 is 1.53 bits per heavy atom. The van der Waals surface area contributed by atoms with Gasteiger partial charge in [-0.25, -0.2) is 4.98 Å². The molecule has 2 rings (SSSR count). The molecule has 0 aliphatic heterocycles. The minimum atomic E-state index is 0.518. The molecule has 1 saturated carbocycles. The molecule has 106 valence electrons. The molecule has 4 heteroatoms. The van der Waals surface area contributed by atoms with Crippen molar-refractivity contribution >= 4 is 17.4 Å². The molecule has 1 aromatic rings. The van der Waals surface area contributed by atoms with E-state index in [9.17, 15) is 0 Å². The molecule has 1 atom stereocenters. The Hall–Kier alpha value is -0.800. The topological polar surface area (TPSA) is 25.4 Å². The van der Waals surface area contributed by atoms with Crippen molar-refractivity contribution in [1.82, 2.24) is 4.98 Å². The van der Waals surface area contributed by atoms with Crippen molar-refractivity contribution in [3.8, 4) is 0 Å². The van der Waals surface area contributed by atoms with E-state index in [1.165, 1.54) is 18.4 Å². The van der Waals surface area contributed by atoms with Crippen LogP contribution in [-0.2, 0) is 10.6 Å². The fraction of sp³-hybridized carbons (Fsp3) is 0.667. The number of pyridine rings is 1. The van der Waals surface area contributed by atoms with E-state index in [1.807, 2.05) is 6.20 Å². The van der Waals surface area contributed by atoms with Crippen LogP contribution >= 0.6 is 11.6 Å². The summed E-state index contributed by atoms with van der Waals surface area (Å²) in [6.45, 7) is 6.03. The quantitative estimate of drug-likeness (QED) is 0.717. The van der Waals surface area contributed by atoms with Gasteiger partial charge in [-0.1, -0.05) is 0 Å². The van der Waals surface area contributed by atoms with Crippen LogP contribution in [0.5, 0.6) is 0 Å². The highest BCUT2D eigenvalue weighted by atomic mass is 35.5. The fourth-order valence-electron chi connectivity index (χ4n) is 2.52. The van der Waals surface area contributed by atoms with Crippen molar-refractivity contribution < 1.29 is 4.74 Å². The summed E-state index contributed by atoms with van der Waals surface area (Å²) in [5.74, 6) is 2.40. The second kappa shape index (κ2) is 6.58. The van der Waals surface area contributed by atoms with E-state index in [-0.39, 0.29) is 0 Å². The first kappa shape index (κ1) is 14.6. The highest BCUT2D eigenvalue weighted by Gasteiger charge is 2.33. The maximum absolute atomic E-state index is 5.86. The number of hydrogen-bond acceptors (Lipinski definition) is 3. The van der Waals surface area contributed by atoms with Crippen LogP contribution in [0.25, 0.3) is 0 Å². The zero-order valence-corrected chi connectivity index (χ0v) is 12.8. The molecule has 0 saturated heterocycles. The maximum Gasteiger partial charge on any atom is 0.131 e. The predicted molar refractivity (Wildman–Crippen MR) is 79.9 cm³/mol. The van der Waals surface area contributed by atoms with Crippen LogP contribution in [0.4, 0.5) is 5.82 Å². The first-order valence-electron chi connectivity index (χ1n) is 6.94. The Kier molecular flexibility index (Phi) is 5.06. The molecule has 1 aliphatic carbocycles. The summed E-state index contributed by atoms with van der Waals surface area (Å²) in [7, 11) is 1.75. The molecule has 1 aromatic heterocycles. The lowest BCUT2D eigenvalue weighted by molar-refractivity contribution is 0.202. The molecule has 0 bridgehead atoms. The van der Waals surface area contributed by atoms with Gasteiger partial charge in [0.15, 0.2) is 0 Å². The molecule has 1 fully saturated rings. The first-order valence-corrected chi connectivity index (χ1v) is 7.48. The smallest absolute Gasteiger partial charge is 0.131 e. The Balaban J connectivity index is 2.20. The molecule has 1 unspecified atom stereocenters. The van der Waals surface area contributed by atoms with Gasteiger partial charge in [-0.3, -0.25) is 0 Å². The van der Waals surface area contributed by atoms with Gasteiger partial charge >= 0.3 is 0 Å². The second-order valence-electron chi connectivity index (χ2n) is 5.38. The lowest BCUT2D eigenvalue weighted by Crippen LogP contribution is -2.38. The number of anilines is 1. The predicted octanol–water partition coefficient (Wildman–Crippen LogP) is 3.38. The molecule has 0 N–H and O–H groups in total. The van der Waals surface area contributed by atoms with Gasteiger partial charge in [0.2, 0.25) is 0 Å². The zero-order chi connectivity index (χ0) is 13.8. The summed E-state index contributed by atoms with van der Waals surface area (Å²) in [5.41, 5.74) is 2.27. The van der Waals surface area contributed by atoms with Gasteiger partial charge < -0.3 is 9.64 Å². The molecule has 0 amide bonds. The number of methoxy groups -OCH3 is 1. The van der Waals surface area contributed by atoms with Crippen LogP contribution in [-0.4, -0.2) is 31.3 Å². The highest BCUT2D eigenvalue weighted by molar-refractivity contribution is 6.17. The Morgan fingerprint density at radius 2 is 2.26 bits per heavy atom. The van der Waals surface area contributed by atoms with Crippen LogP contribution in [0.15, 0.2) is 12.3 Å². The summed E-state index contributed by atoms with van der Waals surface area (Å²) in [6, 6.07) is 2.66. The largest absolute Gasteiger partial charge is 0.383 e. The van der Waals surface area contributed by atoms with Crippen molar-refractivity contribution in [2.45, 2.75) is 38.6 Å². The molecule has 1 heterocycles. The summed E-state index contributed by atoms with van der Waals surface area (Å²) in [5, 5.41) is 0. The minimum absolute atomic E-state index is 0.518. The molecule has 1 aliphatic rings. The number of alkyl halides is 1. The van der Waals surface area contributed by atoms with E-state index in [0.29, 0.717) is 11.9 Å². The first-order chi connectivity index (χ1) is 9.17. The van der Waals surface area contributed by atoms with Gasteiger partial charge in [-0.2, -0.15) is 0 Å². The molecule has 0 aromatic carbocycles. The Labute approximate surface area is 120 Å². The van der Waals surface area contributed by atoms with E-state index < -0.39 is 0 Å². The summed E-state index contributed by atoms with van der Waals surface area (Å²) >= 11 is 5.86.